The molecule has 0 aromatic heterocycles. The first-order chi connectivity index (χ1) is 5.96. The average molecular weight is 185 g/mol. The summed E-state index contributed by atoms with van der Waals surface area (Å²) in [6, 6.07) is 0. The van der Waals surface area contributed by atoms with Crippen molar-refractivity contribution in [2.75, 3.05) is 0 Å². The Morgan fingerprint density at radius 2 is 2.31 bits per heavy atom. The molecule has 0 aliphatic carbocycles. The molecular formula is C9H15NO3. The van der Waals surface area contributed by atoms with Crippen LogP contribution in [0, 0.1) is 5.92 Å². The molecule has 0 unspecified atom stereocenters. The first-order valence-corrected chi connectivity index (χ1v) is 4.51. The maximum absolute atomic E-state index is 11.0. The van der Waals surface area contributed by atoms with E-state index in [4.69, 9.17) is 5.11 Å². The molecule has 1 aliphatic heterocycles. The van der Waals surface area contributed by atoms with E-state index in [0.29, 0.717) is 19.3 Å². The highest BCUT2D eigenvalue weighted by molar-refractivity contribution is 5.90. The number of nitrogens with one attached hydrogen (secondary N) is 1. The van der Waals surface area contributed by atoms with Crippen LogP contribution >= 0.6 is 0 Å². The molecule has 0 spiro atoms. The Labute approximate surface area is 77.3 Å². The number of carbonyl (C=O) groups is 2. The summed E-state index contributed by atoms with van der Waals surface area (Å²) in [5.74, 6) is -0.787. The number of hydrogen-bond acceptors (Lipinski definition) is 2. The van der Waals surface area contributed by atoms with Gasteiger partial charge in [0, 0.05) is 6.42 Å². The van der Waals surface area contributed by atoms with Crippen molar-refractivity contribution >= 4 is 11.9 Å². The lowest BCUT2D eigenvalue weighted by Gasteiger charge is -2.25. The zero-order chi connectivity index (χ0) is 10.1. The Morgan fingerprint density at radius 3 is 2.62 bits per heavy atom. The lowest BCUT2D eigenvalue weighted by atomic mass is 9.88. The molecule has 1 saturated heterocycles. The van der Waals surface area contributed by atoms with Crippen LogP contribution in [0.4, 0.5) is 0 Å². The van der Waals surface area contributed by atoms with Crippen LogP contribution in [0.15, 0.2) is 0 Å². The van der Waals surface area contributed by atoms with Gasteiger partial charge in [-0.25, -0.2) is 4.79 Å². The first-order valence-electron chi connectivity index (χ1n) is 4.51. The number of amides is 1. The molecule has 1 fully saturated rings. The second-order valence-corrected chi connectivity index (χ2v) is 4.03. The van der Waals surface area contributed by atoms with Gasteiger partial charge in [-0.15, -0.1) is 0 Å². The van der Waals surface area contributed by atoms with Crippen LogP contribution in [0.3, 0.4) is 0 Å². The molecule has 0 radical (unpaired) electrons. The van der Waals surface area contributed by atoms with Gasteiger partial charge in [0.15, 0.2) is 0 Å². The number of rotatable bonds is 3. The topological polar surface area (TPSA) is 66.4 Å². The van der Waals surface area contributed by atoms with E-state index in [1.54, 1.807) is 0 Å². The summed E-state index contributed by atoms with van der Waals surface area (Å²) in [5, 5.41) is 11.6. The highest BCUT2D eigenvalue weighted by atomic mass is 16.4. The summed E-state index contributed by atoms with van der Waals surface area (Å²) in [7, 11) is 0. The second-order valence-electron chi connectivity index (χ2n) is 4.03. The highest BCUT2D eigenvalue weighted by Gasteiger charge is 2.44. The molecule has 0 aromatic rings. The van der Waals surface area contributed by atoms with Crippen LogP contribution in [0.5, 0.6) is 0 Å². The SMILES string of the molecule is CC(C)C[C@@]1(C(=O)O)CCC(=O)N1. The summed E-state index contributed by atoms with van der Waals surface area (Å²) < 4.78 is 0. The Morgan fingerprint density at radius 1 is 1.69 bits per heavy atom. The number of hydrogen-bond donors (Lipinski definition) is 2. The van der Waals surface area contributed by atoms with Crippen molar-refractivity contribution in [2.24, 2.45) is 5.92 Å². The molecule has 0 saturated carbocycles. The van der Waals surface area contributed by atoms with Crippen molar-refractivity contribution in [3.05, 3.63) is 0 Å². The maximum Gasteiger partial charge on any atom is 0.329 e. The van der Waals surface area contributed by atoms with Crippen molar-refractivity contribution in [3.8, 4) is 0 Å². The fourth-order valence-electron chi connectivity index (χ4n) is 1.82. The van der Waals surface area contributed by atoms with Gasteiger partial charge >= 0.3 is 5.97 Å². The van der Waals surface area contributed by atoms with Gasteiger partial charge in [-0.2, -0.15) is 0 Å². The monoisotopic (exact) mass is 185 g/mol. The maximum atomic E-state index is 11.0. The number of aliphatic carboxylic acids is 1. The quantitative estimate of drug-likeness (QED) is 0.682. The van der Waals surface area contributed by atoms with Gasteiger partial charge in [0.25, 0.3) is 0 Å². The molecule has 1 heterocycles. The fraction of sp³-hybridized carbons (Fsp3) is 0.778. The third kappa shape index (κ3) is 1.99. The predicted molar refractivity (Wildman–Crippen MR) is 47.2 cm³/mol. The summed E-state index contributed by atoms with van der Waals surface area (Å²) in [5.41, 5.74) is -0.995. The summed E-state index contributed by atoms with van der Waals surface area (Å²) >= 11 is 0. The van der Waals surface area contributed by atoms with E-state index in [-0.39, 0.29) is 11.8 Å². The molecule has 2 N–H and O–H groups in total. The molecule has 4 nitrogen and oxygen atoms in total. The minimum atomic E-state index is -0.995. The average Bonchev–Trinajstić information content (AvgIpc) is 2.31. The normalized spacial score (nSPS) is 27.8. The van der Waals surface area contributed by atoms with Gasteiger partial charge in [0.1, 0.15) is 5.54 Å². The van der Waals surface area contributed by atoms with Crippen LogP contribution in [-0.4, -0.2) is 22.5 Å². The fourth-order valence-corrected chi connectivity index (χ4v) is 1.82. The van der Waals surface area contributed by atoms with E-state index in [0.717, 1.165) is 0 Å². The van der Waals surface area contributed by atoms with E-state index < -0.39 is 11.5 Å². The van der Waals surface area contributed by atoms with Crippen LogP contribution in [0.25, 0.3) is 0 Å². The highest BCUT2D eigenvalue weighted by Crippen LogP contribution is 2.27. The third-order valence-corrected chi connectivity index (χ3v) is 2.32. The molecule has 1 aliphatic rings. The van der Waals surface area contributed by atoms with Crippen molar-refractivity contribution < 1.29 is 14.7 Å². The van der Waals surface area contributed by atoms with Gasteiger partial charge in [-0.3, -0.25) is 4.79 Å². The molecule has 4 heteroatoms. The summed E-state index contributed by atoms with van der Waals surface area (Å²) in [4.78, 5) is 22.0. The van der Waals surface area contributed by atoms with E-state index in [9.17, 15) is 9.59 Å². The van der Waals surface area contributed by atoms with E-state index >= 15 is 0 Å². The Bertz CT molecular complexity index is 237. The lowest BCUT2D eigenvalue weighted by molar-refractivity contribution is -0.146. The Hall–Kier alpha value is -1.06. The number of carboxylic acids is 1. The van der Waals surface area contributed by atoms with Crippen LogP contribution < -0.4 is 5.32 Å². The smallest absolute Gasteiger partial charge is 0.329 e. The van der Waals surface area contributed by atoms with E-state index in [1.807, 2.05) is 13.8 Å². The van der Waals surface area contributed by atoms with Crippen molar-refractivity contribution in [1.29, 1.82) is 0 Å². The summed E-state index contributed by atoms with van der Waals surface area (Å²) in [6.07, 6.45) is 1.26. The minimum absolute atomic E-state index is 0.150. The molecule has 1 rings (SSSR count). The minimum Gasteiger partial charge on any atom is -0.480 e. The zero-order valence-corrected chi connectivity index (χ0v) is 7.96. The van der Waals surface area contributed by atoms with E-state index in [1.165, 1.54) is 0 Å². The molecule has 13 heavy (non-hydrogen) atoms. The van der Waals surface area contributed by atoms with Gasteiger partial charge in [0.2, 0.25) is 5.91 Å². The number of carbonyl (C=O) groups excluding carboxylic acids is 1. The Kier molecular flexibility index (Phi) is 2.59. The Balaban J connectivity index is 2.77. The van der Waals surface area contributed by atoms with Crippen LogP contribution in [0.2, 0.25) is 0 Å². The molecule has 1 atom stereocenters. The van der Waals surface area contributed by atoms with Gasteiger partial charge in [-0.1, -0.05) is 13.8 Å². The standard InChI is InChI=1S/C9H15NO3/c1-6(2)5-9(8(12)13)4-3-7(11)10-9/h6H,3-5H2,1-2H3,(H,10,11)(H,12,13)/t9-/m1/s1. The van der Waals surface area contributed by atoms with Crippen LogP contribution in [0.1, 0.15) is 33.1 Å². The van der Waals surface area contributed by atoms with Crippen molar-refractivity contribution in [3.63, 3.8) is 0 Å². The number of carboxylic acid groups (broad SMARTS) is 1. The van der Waals surface area contributed by atoms with E-state index in [2.05, 4.69) is 5.32 Å². The molecule has 1 amide bonds. The predicted octanol–water partition coefficient (Wildman–Crippen LogP) is 0.766. The lowest BCUT2D eigenvalue weighted by Crippen LogP contribution is -2.49. The molecule has 0 bridgehead atoms. The summed E-state index contributed by atoms with van der Waals surface area (Å²) in [6.45, 7) is 3.91. The first kappa shape index (κ1) is 10.0. The van der Waals surface area contributed by atoms with Crippen LogP contribution in [-0.2, 0) is 9.59 Å². The van der Waals surface area contributed by atoms with Gasteiger partial charge in [0.05, 0.1) is 0 Å². The van der Waals surface area contributed by atoms with Gasteiger partial charge < -0.3 is 10.4 Å². The largest absolute Gasteiger partial charge is 0.480 e. The second kappa shape index (κ2) is 3.36. The molecule has 0 aromatic carbocycles. The third-order valence-electron chi connectivity index (χ3n) is 2.32. The molecular weight excluding hydrogens is 170 g/mol. The van der Waals surface area contributed by atoms with Crippen molar-refractivity contribution in [2.45, 2.75) is 38.6 Å². The van der Waals surface area contributed by atoms with Crippen molar-refractivity contribution in [1.82, 2.24) is 5.32 Å². The zero-order valence-electron chi connectivity index (χ0n) is 7.96. The molecule has 74 valence electrons. The van der Waals surface area contributed by atoms with Gasteiger partial charge in [-0.05, 0) is 18.8 Å².